The van der Waals surface area contributed by atoms with E-state index in [0.717, 1.165) is 0 Å². The Kier molecular flexibility index (Phi) is 24.4. The van der Waals surface area contributed by atoms with Crippen LogP contribution in [0, 0.1) is 11.8 Å². The SMILES string of the molecule is CCC(=O)OC1[C@H](OC[C@@H](O)[C@@H](O)CO)OC(CO)[C@@H](C)[C@@H]1OC(=O)CC.CCC(=O)OC1[C@H](OC[C@@H](O)[C@@H](O)CO)OC(COC(C)=O)[C@@H](C)[C@@H]1OC(=O)CC. The third-order valence-electron chi connectivity index (χ3n) is 8.99. The summed E-state index contributed by atoms with van der Waals surface area (Å²) >= 11 is 0. The van der Waals surface area contributed by atoms with Gasteiger partial charge in [-0.2, -0.15) is 0 Å². The zero-order chi connectivity index (χ0) is 43.4. The topological polar surface area (TPSA) is 310 Å². The van der Waals surface area contributed by atoms with Crippen molar-refractivity contribution in [1.82, 2.24) is 0 Å². The molecule has 0 aromatic rings. The number of aliphatic hydroxyl groups is 7. The highest BCUT2D eigenvalue weighted by Gasteiger charge is 2.50. The molecule has 0 amide bonds. The van der Waals surface area contributed by atoms with E-state index in [4.69, 9.17) is 52.8 Å². The number of hydrogen-bond acceptors (Lipinski definition) is 21. The van der Waals surface area contributed by atoms with Crippen LogP contribution in [0.3, 0.4) is 0 Å². The molecule has 2 aliphatic heterocycles. The van der Waals surface area contributed by atoms with Crippen LogP contribution in [0.5, 0.6) is 0 Å². The Bertz CT molecular complexity index is 1220. The van der Waals surface area contributed by atoms with E-state index < -0.39 is 148 Å². The molecule has 21 nitrogen and oxygen atoms in total. The quantitative estimate of drug-likeness (QED) is 0.0486. The van der Waals surface area contributed by atoms with Gasteiger partial charge in [-0.1, -0.05) is 41.5 Å². The van der Waals surface area contributed by atoms with E-state index in [0.29, 0.717) is 0 Å². The number of hydrogen-bond donors (Lipinski definition) is 7. The lowest BCUT2D eigenvalue weighted by Crippen LogP contribution is -2.59. The summed E-state index contributed by atoms with van der Waals surface area (Å²) in [6, 6.07) is 0. The Balaban J connectivity index is 0.000000573. The third kappa shape index (κ3) is 17.0. The summed E-state index contributed by atoms with van der Waals surface area (Å²) in [4.78, 5) is 58.8. The number of rotatable bonds is 21. The van der Waals surface area contributed by atoms with Gasteiger partial charge in [-0.05, 0) is 0 Å². The minimum absolute atomic E-state index is 0.0504. The van der Waals surface area contributed by atoms with Crippen molar-refractivity contribution in [1.29, 1.82) is 0 Å². The second-order valence-electron chi connectivity index (χ2n) is 13.3. The van der Waals surface area contributed by atoms with Gasteiger partial charge in [0.1, 0.15) is 49.3 Å². The average Bonchev–Trinajstić information content (AvgIpc) is 3.20. The van der Waals surface area contributed by atoms with E-state index in [2.05, 4.69) is 0 Å². The zero-order valence-corrected chi connectivity index (χ0v) is 33.5. The molecule has 0 aromatic carbocycles. The van der Waals surface area contributed by atoms with Crippen LogP contribution in [0.2, 0.25) is 0 Å². The predicted octanol–water partition coefficient (Wildman–Crippen LogP) is -2.00. The number of esters is 5. The van der Waals surface area contributed by atoms with E-state index in [1.807, 2.05) is 0 Å². The van der Waals surface area contributed by atoms with Gasteiger partial charge in [0.05, 0.1) is 39.1 Å². The summed E-state index contributed by atoms with van der Waals surface area (Å²) in [7, 11) is 0. The van der Waals surface area contributed by atoms with Crippen molar-refractivity contribution in [2.24, 2.45) is 11.8 Å². The fourth-order valence-electron chi connectivity index (χ4n) is 5.33. The lowest BCUT2D eigenvalue weighted by molar-refractivity contribution is -0.300. The van der Waals surface area contributed by atoms with Gasteiger partial charge in [-0.3, -0.25) is 24.0 Å². The van der Waals surface area contributed by atoms with Gasteiger partial charge in [-0.15, -0.1) is 0 Å². The Labute approximate surface area is 331 Å². The highest BCUT2D eigenvalue weighted by molar-refractivity contribution is 5.71. The van der Waals surface area contributed by atoms with Crippen LogP contribution in [-0.4, -0.2) is 179 Å². The summed E-state index contributed by atoms with van der Waals surface area (Å²) < 4.78 is 49.0. The molecule has 2 fully saturated rings. The summed E-state index contributed by atoms with van der Waals surface area (Å²) in [5.41, 5.74) is 0. The molecule has 2 heterocycles. The van der Waals surface area contributed by atoms with Crippen LogP contribution in [0.4, 0.5) is 0 Å². The first-order chi connectivity index (χ1) is 26.9. The average molecular weight is 831 g/mol. The standard InChI is InChI=1S/C19H32O11.C17H30O10/c1-5-15(24)29-17-10(3)14(9-26-11(4)21)28-19(18(17)30-16(25)6-2)27-8-13(23)12(22)7-20;1-4-13(22)26-15-9(3)12(7-19)25-17(16(15)27-14(23)5-2)24-8-11(21)10(20)6-18/h10,12-14,17-20,22-23H,5-9H2,1-4H3;9-12,15-21H,4-8H2,1-3H3/t10-,12+,13-,14?,17+,18?,19-;9-,10+,11-,12?,15+,16?,17-/m11/s1. The van der Waals surface area contributed by atoms with Gasteiger partial charge >= 0.3 is 29.8 Å². The van der Waals surface area contributed by atoms with Gasteiger partial charge in [0.25, 0.3) is 0 Å². The fourth-order valence-corrected chi connectivity index (χ4v) is 5.33. The Morgan fingerprint density at radius 2 is 0.877 bits per heavy atom. The zero-order valence-electron chi connectivity index (χ0n) is 33.5. The van der Waals surface area contributed by atoms with Crippen LogP contribution in [-0.2, 0) is 66.6 Å². The molecule has 0 radical (unpaired) electrons. The lowest BCUT2D eigenvalue weighted by atomic mass is 9.90. The summed E-state index contributed by atoms with van der Waals surface area (Å²) in [5.74, 6) is -3.76. The van der Waals surface area contributed by atoms with E-state index in [1.165, 1.54) is 6.92 Å². The number of aliphatic hydroxyl groups excluding tert-OH is 7. The maximum absolute atomic E-state index is 12.0. The highest BCUT2D eigenvalue weighted by atomic mass is 16.7. The predicted molar refractivity (Wildman–Crippen MR) is 190 cm³/mol. The van der Waals surface area contributed by atoms with Crippen molar-refractivity contribution in [3.63, 3.8) is 0 Å². The van der Waals surface area contributed by atoms with Gasteiger partial charge in [0.2, 0.25) is 0 Å². The summed E-state index contributed by atoms with van der Waals surface area (Å²) in [5, 5.41) is 65.9. The maximum atomic E-state index is 12.0. The Morgan fingerprint density at radius 1 is 0.544 bits per heavy atom. The Hall–Kier alpha value is -3.09. The molecule has 0 saturated carbocycles. The second-order valence-corrected chi connectivity index (χ2v) is 13.3. The molecule has 332 valence electrons. The van der Waals surface area contributed by atoms with Gasteiger partial charge < -0.3 is 78.4 Å². The first-order valence-electron chi connectivity index (χ1n) is 18.9. The number of carbonyl (C=O) groups is 5. The minimum atomic E-state index is -1.45. The minimum Gasteiger partial charge on any atom is -0.463 e. The van der Waals surface area contributed by atoms with Crippen LogP contribution >= 0.6 is 0 Å². The largest absolute Gasteiger partial charge is 0.463 e. The number of carbonyl (C=O) groups excluding carboxylic acids is 5. The molecule has 7 N–H and O–H groups in total. The van der Waals surface area contributed by atoms with Crippen LogP contribution in [0.25, 0.3) is 0 Å². The van der Waals surface area contributed by atoms with Crippen molar-refractivity contribution in [3.8, 4) is 0 Å². The molecular weight excluding hydrogens is 768 g/mol. The smallest absolute Gasteiger partial charge is 0.306 e. The summed E-state index contributed by atoms with van der Waals surface area (Å²) in [6.45, 7) is 8.20. The molecule has 0 spiro atoms. The third-order valence-corrected chi connectivity index (χ3v) is 8.99. The monoisotopic (exact) mass is 830 g/mol. The van der Waals surface area contributed by atoms with Crippen LogP contribution in [0.1, 0.15) is 74.1 Å². The molecule has 2 aliphatic rings. The van der Waals surface area contributed by atoms with Gasteiger partial charge in [0, 0.05) is 44.4 Å². The number of ether oxygens (including phenoxy) is 9. The van der Waals surface area contributed by atoms with Crippen molar-refractivity contribution in [3.05, 3.63) is 0 Å². The molecule has 14 atom stereocenters. The summed E-state index contributed by atoms with van der Waals surface area (Å²) in [6.07, 6.45) is -13.6. The molecule has 2 rings (SSSR count). The van der Waals surface area contributed by atoms with E-state index in [9.17, 15) is 49.5 Å². The molecule has 0 aliphatic carbocycles. The molecule has 2 saturated heterocycles. The molecule has 57 heavy (non-hydrogen) atoms. The van der Waals surface area contributed by atoms with Gasteiger partial charge in [0.15, 0.2) is 24.8 Å². The van der Waals surface area contributed by atoms with E-state index in [1.54, 1.807) is 41.5 Å². The molecule has 4 unspecified atom stereocenters. The van der Waals surface area contributed by atoms with Crippen molar-refractivity contribution in [2.45, 2.75) is 148 Å². The molecular formula is C36H62O21. The van der Waals surface area contributed by atoms with E-state index in [-0.39, 0.29) is 32.3 Å². The van der Waals surface area contributed by atoms with Crippen molar-refractivity contribution in [2.75, 3.05) is 39.6 Å². The van der Waals surface area contributed by atoms with E-state index >= 15 is 0 Å². The molecule has 0 aromatic heterocycles. The highest BCUT2D eigenvalue weighted by Crippen LogP contribution is 2.33. The normalized spacial score (nSPS) is 29.3. The van der Waals surface area contributed by atoms with Crippen LogP contribution < -0.4 is 0 Å². The Morgan fingerprint density at radius 3 is 1.19 bits per heavy atom. The maximum Gasteiger partial charge on any atom is 0.306 e. The van der Waals surface area contributed by atoms with Gasteiger partial charge in [-0.25, -0.2) is 0 Å². The molecule has 21 heteroatoms. The fraction of sp³-hybridized carbons (Fsp3) is 0.861. The first kappa shape index (κ1) is 51.9. The molecule has 0 bridgehead atoms. The van der Waals surface area contributed by atoms with Crippen LogP contribution in [0.15, 0.2) is 0 Å². The van der Waals surface area contributed by atoms with Crippen molar-refractivity contribution < 1.29 is 102 Å². The lowest BCUT2D eigenvalue weighted by Gasteiger charge is -2.44. The second kappa shape index (κ2) is 26.8. The van der Waals surface area contributed by atoms with Crippen molar-refractivity contribution >= 4 is 29.8 Å². The first-order valence-corrected chi connectivity index (χ1v) is 18.9.